The van der Waals surface area contributed by atoms with E-state index in [-0.39, 0.29) is 6.54 Å². The molecule has 0 aliphatic carbocycles. The Morgan fingerprint density at radius 3 is 1.43 bits per heavy atom. The Kier molecular flexibility index (Phi) is 14.2. The summed E-state index contributed by atoms with van der Waals surface area (Å²) < 4.78 is 17.8. The molecule has 0 N–H and O–H groups in total. The third-order valence-electron chi connectivity index (χ3n) is 1.25. The van der Waals surface area contributed by atoms with Crippen LogP contribution in [0.3, 0.4) is 0 Å². The Labute approximate surface area is 131 Å². The third kappa shape index (κ3) is 53.6. The van der Waals surface area contributed by atoms with Gasteiger partial charge in [0.15, 0.2) is 0 Å². The van der Waals surface area contributed by atoms with E-state index in [4.69, 9.17) is 0 Å². The molecule has 0 amide bonds. The van der Waals surface area contributed by atoms with Gasteiger partial charge < -0.3 is 28.1 Å². The summed E-state index contributed by atoms with van der Waals surface area (Å²) in [6.07, 6.45) is 0.543. The molecule has 0 aromatic carbocycles. The fraction of sp³-hybridized carbons (Fsp3) is 1.00. The fourth-order valence-corrected chi connectivity index (χ4v) is 0.947. The molecule has 0 saturated heterocycles. The smallest absolute Gasteiger partial charge is 0.0675 e. The fourth-order valence-electron chi connectivity index (χ4n) is 0.560. The van der Waals surface area contributed by atoms with E-state index >= 15 is 0 Å². The highest BCUT2D eigenvalue weighted by Gasteiger charge is 2.00. The minimum absolute atomic E-state index is 0.220. The molecule has 0 aliphatic heterocycles. The maximum atomic E-state index is 10.3. The lowest BCUT2D eigenvalue weighted by Gasteiger charge is -2.38. The monoisotopic (exact) mass is 329 g/mol. The second-order valence-electron chi connectivity index (χ2n) is 7.56. The van der Waals surface area contributed by atoms with E-state index < -0.39 is 7.75 Å². The van der Waals surface area contributed by atoms with Gasteiger partial charge in [0.25, 0.3) is 0 Å². The highest BCUT2D eigenvalue weighted by molar-refractivity contribution is 7.46. The van der Waals surface area contributed by atoms with Crippen LogP contribution >= 0.6 is 7.75 Å². The van der Waals surface area contributed by atoms with Crippen molar-refractivity contribution < 1.29 is 28.1 Å². The number of quaternary nitrogens is 2. The van der Waals surface area contributed by atoms with Gasteiger partial charge >= 0.3 is 0 Å². The molecule has 0 saturated carbocycles. The summed E-state index contributed by atoms with van der Waals surface area (Å²) in [6.45, 7) is 0.683. The van der Waals surface area contributed by atoms with Crippen LogP contribution in [0.15, 0.2) is 0 Å². The first-order valence-electron chi connectivity index (χ1n) is 6.79. The molecular weight excluding hydrogens is 293 g/mol. The summed E-state index contributed by atoms with van der Waals surface area (Å²) in [6, 6.07) is 0. The third-order valence-corrected chi connectivity index (χ3v) is 2.28. The second-order valence-corrected chi connectivity index (χ2v) is 9.18. The summed E-state index contributed by atoms with van der Waals surface area (Å²) >= 11 is 0. The first kappa shape index (κ1) is 25.9. The van der Waals surface area contributed by atoms with Crippen molar-refractivity contribution in [1.82, 2.24) is 4.67 Å². The van der Waals surface area contributed by atoms with Gasteiger partial charge in [-0.25, -0.2) is 0 Å². The van der Waals surface area contributed by atoms with Crippen LogP contribution in [-0.4, -0.2) is 97.3 Å². The highest BCUT2D eigenvalue weighted by atomic mass is 31.2. The molecule has 0 bridgehead atoms. The zero-order valence-corrected chi connectivity index (χ0v) is 16.4. The lowest BCUT2D eigenvalue weighted by Crippen LogP contribution is -2.31. The van der Waals surface area contributed by atoms with Crippen LogP contribution in [0.25, 0.3) is 0 Å². The molecule has 0 aliphatic rings. The number of ether oxygens (including phenoxy) is 1. The highest BCUT2D eigenvalue weighted by Crippen LogP contribution is 2.27. The van der Waals surface area contributed by atoms with Gasteiger partial charge in [-0.1, -0.05) is 0 Å². The number of methoxy groups -OCH3 is 1. The number of hydrogen-bond acceptors (Lipinski definition) is 4. The average molecular weight is 329 g/mol. The van der Waals surface area contributed by atoms with E-state index in [0.717, 1.165) is 13.6 Å². The molecule has 0 heterocycles. The molecule has 8 heteroatoms. The van der Waals surface area contributed by atoms with Gasteiger partial charge in [-0.15, -0.1) is 0 Å². The zero-order valence-electron chi connectivity index (χ0n) is 15.5. The Hall–Kier alpha value is -0.0100. The lowest BCUT2D eigenvalue weighted by molar-refractivity contribution is -0.849. The molecule has 0 aromatic rings. The number of nitrogens with zero attached hydrogens (tertiary/aromatic N) is 3. The minimum Gasteiger partial charge on any atom is -0.799 e. The van der Waals surface area contributed by atoms with Crippen LogP contribution in [0, 0.1) is 0 Å². The second kappa shape index (κ2) is 11.5. The van der Waals surface area contributed by atoms with Gasteiger partial charge in [-0.05, 0) is 21.2 Å². The SMILES string of the molecule is COCCCN(C)P(=O)([O-])[O-].C[N+](C)(C)C.C[N+](C)(C)C. The van der Waals surface area contributed by atoms with Crippen molar-refractivity contribution >= 4 is 7.75 Å². The van der Waals surface area contributed by atoms with Gasteiger partial charge in [0.2, 0.25) is 0 Å². The Bertz CT molecular complexity index is 258. The molecule has 21 heavy (non-hydrogen) atoms. The Balaban J connectivity index is -0.000000270. The van der Waals surface area contributed by atoms with E-state index in [9.17, 15) is 14.4 Å². The van der Waals surface area contributed by atoms with Crippen molar-refractivity contribution in [3.8, 4) is 0 Å². The van der Waals surface area contributed by atoms with Crippen molar-refractivity contribution in [2.75, 3.05) is 83.7 Å². The molecule has 0 radical (unpaired) electrons. The quantitative estimate of drug-likeness (QED) is 0.383. The summed E-state index contributed by atoms with van der Waals surface area (Å²) in [7, 11) is 15.3. The van der Waals surface area contributed by atoms with Crippen LogP contribution in [0.1, 0.15) is 6.42 Å². The molecule has 0 rings (SSSR count). The largest absolute Gasteiger partial charge is 0.799 e. The van der Waals surface area contributed by atoms with E-state index in [0.29, 0.717) is 13.0 Å². The standard InChI is InChI=1S/C5H14NO4P.2C4H12N/c1-6(11(7,8)9)4-3-5-10-2;2*1-5(2,3)4/h3-5H2,1-2H3,(H2,7,8,9);2*1-4H3/q;2*+1/p-2. The van der Waals surface area contributed by atoms with Crippen molar-refractivity contribution in [2.24, 2.45) is 0 Å². The molecule has 132 valence electrons. The number of hydrogen-bond donors (Lipinski definition) is 0. The molecule has 0 unspecified atom stereocenters. The first-order valence-corrected chi connectivity index (χ1v) is 8.28. The normalized spacial score (nSPS) is 12.2. The van der Waals surface area contributed by atoms with Crippen LogP contribution in [0.2, 0.25) is 0 Å². The summed E-state index contributed by atoms with van der Waals surface area (Å²) in [5.74, 6) is 0. The summed E-state index contributed by atoms with van der Waals surface area (Å²) in [4.78, 5) is 20.6. The van der Waals surface area contributed by atoms with Crippen LogP contribution < -0.4 is 9.79 Å². The van der Waals surface area contributed by atoms with E-state index in [1.807, 2.05) is 0 Å². The van der Waals surface area contributed by atoms with E-state index in [1.54, 1.807) is 0 Å². The van der Waals surface area contributed by atoms with Crippen molar-refractivity contribution in [3.05, 3.63) is 0 Å². The van der Waals surface area contributed by atoms with Crippen molar-refractivity contribution in [1.29, 1.82) is 0 Å². The van der Waals surface area contributed by atoms with Crippen molar-refractivity contribution in [3.63, 3.8) is 0 Å². The van der Waals surface area contributed by atoms with Gasteiger partial charge in [-0.3, -0.25) is 4.67 Å². The molecule has 0 fully saturated rings. The molecule has 0 spiro atoms. The Morgan fingerprint density at radius 1 is 0.952 bits per heavy atom. The lowest BCUT2D eigenvalue weighted by atomic mass is 10.5. The maximum Gasteiger partial charge on any atom is 0.0675 e. The molecule has 0 atom stereocenters. The maximum absolute atomic E-state index is 10.3. The topological polar surface area (TPSA) is 75.7 Å². The summed E-state index contributed by atoms with van der Waals surface area (Å²) in [5, 5.41) is 0. The van der Waals surface area contributed by atoms with Gasteiger partial charge in [0, 0.05) is 20.3 Å². The van der Waals surface area contributed by atoms with Crippen molar-refractivity contribution in [2.45, 2.75) is 6.42 Å². The minimum atomic E-state index is -4.52. The average Bonchev–Trinajstić information content (AvgIpc) is 2.10. The van der Waals surface area contributed by atoms with Gasteiger partial charge in [0.1, 0.15) is 0 Å². The molecule has 7 nitrogen and oxygen atoms in total. The number of rotatable bonds is 5. The van der Waals surface area contributed by atoms with Gasteiger partial charge in [0.05, 0.1) is 56.4 Å². The summed E-state index contributed by atoms with van der Waals surface area (Å²) in [5.41, 5.74) is 0. The van der Waals surface area contributed by atoms with Gasteiger partial charge in [-0.2, -0.15) is 0 Å². The van der Waals surface area contributed by atoms with Crippen LogP contribution in [0.5, 0.6) is 0 Å². The van der Waals surface area contributed by atoms with Crippen LogP contribution in [-0.2, 0) is 9.30 Å². The Morgan fingerprint density at radius 2 is 1.24 bits per heavy atom. The predicted octanol–water partition coefficient (Wildman–Crippen LogP) is -0.572. The molecular formula is C13H36N3O4P. The predicted molar refractivity (Wildman–Crippen MR) is 84.6 cm³/mol. The molecule has 0 aromatic heterocycles. The van der Waals surface area contributed by atoms with Crippen LogP contribution in [0.4, 0.5) is 0 Å². The first-order chi connectivity index (χ1) is 8.98. The van der Waals surface area contributed by atoms with E-state index in [2.05, 4.69) is 61.1 Å². The zero-order chi connectivity index (χ0) is 17.9. The van der Waals surface area contributed by atoms with E-state index in [1.165, 1.54) is 14.2 Å².